The van der Waals surface area contributed by atoms with E-state index in [2.05, 4.69) is 23.7 Å². The van der Waals surface area contributed by atoms with Crippen LogP contribution in [0.1, 0.15) is 33.7 Å². The molecule has 0 saturated heterocycles. The lowest BCUT2D eigenvalue weighted by molar-refractivity contribution is -0.253. The molecule has 0 bridgehead atoms. The van der Waals surface area contributed by atoms with E-state index in [-0.39, 0.29) is 11.1 Å². The van der Waals surface area contributed by atoms with Crippen molar-refractivity contribution < 1.29 is 26.3 Å². The minimum Gasteiger partial charge on any atom is -0.170 e. The number of hydrogen-bond donors (Lipinski definition) is 0. The molecule has 0 aliphatic rings. The molecule has 156 valence electrons. The van der Waals surface area contributed by atoms with Crippen molar-refractivity contribution in [3.05, 3.63) is 107 Å². The van der Waals surface area contributed by atoms with Crippen LogP contribution in [0.5, 0.6) is 0 Å². The topological polar surface area (TPSA) is 0 Å². The first-order valence-electron chi connectivity index (χ1n) is 9.06. The zero-order valence-electron chi connectivity index (χ0n) is 15.9. The molecule has 0 amide bonds. The predicted molar refractivity (Wildman–Crippen MR) is 106 cm³/mol. The van der Waals surface area contributed by atoms with E-state index in [4.69, 9.17) is 0 Å². The van der Waals surface area contributed by atoms with Gasteiger partial charge in [-0.1, -0.05) is 66.1 Å². The van der Waals surface area contributed by atoms with Gasteiger partial charge in [0.15, 0.2) is 5.92 Å². The van der Waals surface area contributed by atoms with E-state index in [1.807, 2.05) is 0 Å². The van der Waals surface area contributed by atoms with Crippen LogP contribution in [0.2, 0.25) is 0 Å². The fourth-order valence-electron chi connectivity index (χ4n) is 2.84. The summed E-state index contributed by atoms with van der Waals surface area (Å²) in [4.78, 5) is 0. The van der Waals surface area contributed by atoms with Crippen molar-refractivity contribution >= 4 is 0 Å². The van der Waals surface area contributed by atoms with E-state index in [0.29, 0.717) is 11.1 Å². The van der Waals surface area contributed by atoms with Crippen LogP contribution in [0.25, 0.3) is 0 Å². The molecular formula is C25H14F6. The molecule has 0 aliphatic carbocycles. The number of alkyl halides is 6. The maximum Gasteiger partial charge on any atom is 0.404 e. The van der Waals surface area contributed by atoms with E-state index in [0.717, 1.165) is 18.2 Å². The van der Waals surface area contributed by atoms with Gasteiger partial charge in [-0.3, -0.25) is 0 Å². The first-order chi connectivity index (χ1) is 14.6. The Hall–Kier alpha value is -3.64. The Bertz CT molecular complexity index is 1140. The summed E-state index contributed by atoms with van der Waals surface area (Å²) in [6.45, 7) is 0. The molecule has 0 radical (unpaired) electrons. The van der Waals surface area contributed by atoms with Gasteiger partial charge in [-0.2, -0.15) is 26.3 Å². The minimum absolute atomic E-state index is 0.0108. The van der Waals surface area contributed by atoms with Gasteiger partial charge in [-0.15, -0.1) is 0 Å². The Morgan fingerprint density at radius 2 is 0.968 bits per heavy atom. The van der Waals surface area contributed by atoms with Crippen LogP contribution in [0.3, 0.4) is 0 Å². The number of rotatable bonds is 1. The maximum atomic E-state index is 13.2. The molecule has 0 aromatic heterocycles. The fourth-order valence-corrected chi connectivity index (χ4v) is 2.84. The molecule has 3 aromatic rings. The van der Waals surface area contributed by atoms with Crippen molar-refractivity contribution in [1.82, 2.24) is 0 Å². The van der Waals surface area contributed by atoms with Crippen LogP contribution in [0, 0.1) is 23.7 Å². The van der Waals surface area contributed by atoms with Crippen LogP contribution in [-0.4, -0.2) is 12.4 Å². The average molecular weight is 428 g/mol. The molecule has 3 rings (SSSR count). The zero-order chi connectivity index (χ0) is 22.5. The number of hydrogen-bond acceptors (Lipinski definition) is 0. The third kappa shape index (κ3) is 5.93. The Kier molecular flexibility index (Phi) is 6.42. The van der Waals surface area contributed by atoms with E-state index >= 15 is 0 Å². The second kappa shape index (κ2) is 9.02. The van der Waals surface area contributed by atoms with Gasteiger partial charge in [-0.25, -0.2) is 0 Å². The van der Waals surface area contributed by atoms with Crippen LogP contribution >= 0.6 is 0 Å². The van der Waals surface area contributed by atoms with Gasteiger partial charge >= 0.3 is 12.4 Å². The fraction of sp³-hybridized carbons (Fsp3) is 0.120. The van der Waals surface area contributed by atoms with Crippen LogP contribution < -0.4 is 0 Å². The highest BCUT2D eigenvalue weighted by Crippen LogP contribution is 2.46. The van der Waals surface area contributed by atoms with Gasteiger partial charge in [0.1, 0.15) is 0 Å². The van der Waals surface area contributed by atoms with Crippen molar-refractivity contribution in [3.63, 3.8) is 0 Å². The van der Waals surface area contributed by atoms with Crippen LogP contribution in [0.15, 0.2) is 78.9 Å². The molecule has 31 heavy (non-hydrogen) atoms. The Morgan fingerprint density at radius 1 is 0.516 bits per heavy atom. The second-order valence-electron chi connectivity index (χ2n) is 6.55. The molecule has 0 saturated carbocycles. The van der Waals surface area contributed by atoms with Crippen molar-refractivity contribution in [3.8, 4) is 23.7 Å². The van der Waals surface area contributed by atoms with E-state index in [9.17, 15) is 26.3 Å². The van der Waals surface area contributed by atoms with E-state index < -0.39 is 23.8 Å². The summed E-state index contributed by atoms with van der Waals surface area (Å²) in [7, 11) is 0. The predicted octanol–water partition coefficient (Wildman–Crippen LogP) is 6.69. The summed E-state index contributed by atoms with van der Waals surface area (Å²) in [5.41, 5.74) is 0.514. The maximum absolute atomic E-state index is 13.2. The lowest BCUT2D eigenvalue weighted by atomic mass is 9.93. The molecule has 0 unspecified atom stereocenters. The molecular weight excluding hydrogens is 414 g/mol. The van der Waals surface area contributed by atoms with Crippen molar-refractivity contribution in [2.45, 2.75) is 18.3 Å². The number of halogens is 6. The second-order valence-corrected chi connectivity index (χ2v) is 6.55. The monoisotopic (exact) mass is 428 g/mol. The first-order valence-corrected chi connectivity index (χ1v) is 9.06. The third-order valence-corrected chi connectivity index (χ3v) is 4.26. The summed E-state index contributed by atoms with van der Waals surface area (Å²) < 4.78 is 79.0. The molecule has 0 spiro atoms. The molecule has 0 nitrogen and oxygen atoms in total. The summed E-state index contributed by atoms with van der Waals surface area (Å²) in [6, 6.07) is 20.1. The molecule has 0 fully saturated rings. The van der Waals surface area contributed by atoms with Crippen molar-refractivity contribution in [1.29, 1.82) is 0 Å². The molecule has 3 aromatic carbocycles. The van der Waals surface area contributed by atoms with Gasteiger partial charge in [0.2, 0.25) is 0 Å². The van der Waals surface area contributed by atoms with E-state index in [1.165, 1.54) is 0 Å². The average Bonchev–Trinajstić information content (AvgIpc) is 2.71. The quantitative estimate of drug-likeness (QED) is 0.299. The third-order valence-electron chi connectivity index (χ3n) is 4.26. The standard InChI is InChI=1S/C25H14F6/c26-24(27,28)23(25(29,30)31)22-16-15-20(13-11-18-7-3-1-4-8-18)21(17-22)14-12-19-9-5-2-6-10-19/h1-10,15-17,23H. The Labute approximate surface area is 175 Å². The van der Waals surface area contributed by atoms with E-state index in [1.54, 1.807) is 60.7 Å². The molecule has 0 N–H and O–H groups in total. The summed E-state index contributed by atoms with van der Waals surface area (Å²) in [5.74, 6) is 7.48. The Balaban J connectivity index is 2.12. The highest BCUT2D eigenvalue weighted by atomic mass is 19.4. The highest BCUT2D eigenvalue weighted by molar-refractivity contribution is 5.56. The molecule has 0 atom stereocenters. The summed E-state index contributed by atoms with van der Waals surface area (Å²) in [6.07, 6.45) is -11.0. The van der Waals surface area contributed by atoms with Crippen LogP contribution in [-0.2, 0) is 0 Å². The summed E-state index contributed by atoms with van der Waals surface area (Å²) in [5, 5.41) is 0. The van der Waals surface area contributed by atoms with Crippen molar-refractivity contribution in [2.24, 2.45) is 0 Å². The van der Waals surface area contributed by atoms with Gasteiger partial charge in [-0.05, 0) is 42.0 Å². The first kappa shape index (κ1) is 22.1. The normalized spacial score (nSPS) is 11.3. The van der Waals surface area contributed by atoms with Gasteiger partial charge in [0, 0.05) is 22.3 Å². The smallest absolute Gasteiger partial charge is 0.170 e. The van der Waals surface area contributed by atoms with Gasteiger partial charge < -0.3 is 0 Å². The molecule has 6 heteroatoms. The lowest BCUT2D eigenvalue weighted by Crippen LogP contribution is -2.34. The highest BCUT2D eigenvalue weighted by Gasteiger charge is 2.57. The zero-order valence-corrected chi connectivity index (χ0v) is 15.9. The molecule has 0 heterocycles. The van der Waals surface area contributed by atoms with Crippen LogP contribution in [0.4, 0.5) is 26.3 Å². The molecule has 0 aliphatic heterocycles. The Morgan fingerprint density at radius 3 is 1.42 bits per heavy atom. The van der Waals surface area contributed by atoms with Gasteiger partial charge in [0.25, 0.3) is 0 Å². The summed E-state index contributed by atoms with van der Waals surface area (Å²) >= 11 is 0. The largest absolute Gasteiger partial charge is 0.404 e. The minimum atomic E-state index is -5.49. The van der Waals surface area contributed by atoms with Gasteiger partial charge in [0.05, 0.1) is 0 Å². The number of benzene rings is 3. The SMILES string of the molecule is FC(F)(F)C(c1ccc(C#Cc2ccccc2)c(C#Cc2ccccc2)c1)C(F)(F)F. The van der Waals surface area contributed by atoms with Crippen molar-refractivity contribution in [2.75, 3.05) is 0 Å². The lowest BCUT2D eigenvalue weighted by Gasteiger charge is -2.23.